The molecule has 6 nitrogen and oxygen atoms in total. The standard InChI is InChI=1S/C28H31N3O3/c1-34-25-12-8-11-24(19-25)30-27(32)26(22-9-4-2-5-10-22)29-20-21-13-15-23(16-14-21)28(33)31-17-6-3-7-18-31/h2,4-5,8-16,19,26,29H,3,6-7,17-18,20H2,1H3,(H,30,32)/t26-/m1/s1. The molecule has 0 saturated carbocycles. The monoisotopic (exact) mass is 457 g/mol. The molecule has 3 aromatic rings. The van der Waals surface area contributed by atoms with Gasteiger partial charge in [-0.05, 0) is 54.7 Å². The van der Waals surface area contributed by atoms with Gasteiger partial charge >= 0.3 is 0 Å². The zero-order chi connectivity index (χ0) is 23.8. The molecule has 176 valence electrons. The van der Waals surface area contributed by atoms with Crippen LogP contribution in [-0.2, 0) is 11.3 Å². The van der Waals surface area contributed by atoms with E-state index in [1.807, 2.05) is 77.7 Å². The first-order valence-corrected chi connectivity index (χ1v) is 11.8. The maximum Gasteiger partial charge on any atom is 0.253 e. The molecule has 0 unspecified atom stereocenters. The lowest BCUT2D eigenvalue weighted by molar-refractivity contribution is -0.118. The van der Waals surface area contributed by atoms with E-state index in [-0.39, 0.29) is 11.8 Å². The molecule has 0 aromatic heterocycles. The SMILES string of the molecule is COc1cccc(NC(=O)[C@H](NCc2ccc(C(=O)N3CCCCC3)cc2)c2ccccc2)c1. The van der Waals surface area contributed by atoms with Crippen molar-refractivity contribution in [2.75, 3.05) is 25.5 Å². The van der Waals surface area contributed by atoms with Crippen LogP contribution in [0.4, 0.5) is 5.69 Å². The molecule has 3 aromatic carbocycles. The third-order valence-electron chi connectivity index (χ3n) is 6.09. The number of ether oxygens (including phenoxy) is 1. The molecule has 0 aliphatic carbocycles. The van der Waals surface area contributed by atoms with Gasteiger partial charge in [0, 0.05) is 37.0 Å². The Labute approximate surface area is 200 Å². The lowest BCUT2D eigenvalue weighted by atomic mass is 10.0. The molecule has 2 N–H and O–H groups in total. The first-order valence-electron chi connectivity index (χ1n) is 11.8. The first-order chi connectivity index (χ1) is 16.6. The van der Waals surface area contributed by atoms with E-state index in [0.29, 0.717) is 23.5 Å². The molecule has 1 atom stereocenters. The second kappa shape index (κ2) is 11.5. The van der Waals surface area contributed by atoms with Crippen LogP contribution in [0.25, 0.3) is 0 Å². The Hall–Kier alpha value is -3.64. The molecule has 1 aliphatic heterocycles. The molecule has 1 fully saturated rings. The molecule has 6 heteroatoms. The van der Waals surface area contributed by atoms with Crippen molar-refractivity contribution in [1.29, 1.82) is 0 Å². The van der Waals surface area contributed by atoms with Crippen LogP contribution in [0.3, 0.4) is 0 Å². The highest BCUT2D eigenvalue weighted by atomic mass is 16.5. The van der Waals surface area contributed by atoms with Gasteiger partial charge < -0.3 is 15.0 Å². The zero-order valence-corrected chi connectivity index (χ0v) is 19.5. The van der Waals surface area contributed by atoms with Crippen LogP contribution < -0.4 is 15.4 Å². The summed E-state index contributed by atoms with van der Waals surface area (Å²) in [6.45, 7) is 2.16. The number of methoxy groups -OCH3 is 1. The van der Waals surface area contributed by atoms with Crippen LogP contribution in [0.2, 0.25) is 0 Å². The van der Waals surface area contributed by atoms with Gasteiger partial charge in [0.1, 0.15) is 11.8 Å². The number of hydrogen-bond donors (Lipinski definition) is 2. The van der Waals surface area contributed by atoms with Crippen LogP contribution in [0, 0.1) is 0 Å². The fourth-order valence-corrected chi connectivity index (χ4v) is 4.19. The molecule has 1 saturated heterocycles. The van der Waals surface area contributed by atoms with E-state index in [4.69, 9.17) is 4.74 Å². The number of nitrogens with zero attached hydrogens (tertiary/aromatic N) is 1. The number of nitrogens with one attached hydrogen (secondary N) is 2. The summed E-state index contributed by atoms with van der Waals surface area (Å²) in [5.74, 6) is 0.622. The van der Waals surface area contributed by atoms with Gasteiger partial charge in [0.05, 0.1) is 7.11 Å². The maximum atomic E-state index is 13.2. The van der Waals surface area contributed by atoms with Crippen LogP contribution in [0.5, 0.6) is 5.75 Å². The van der Waals surface area contributed by atoms with Gasteiger partial charge in [-0.25, -0.2) is 0 Å². The quantitative estimate of drug-likeness (QED) is 0.510. The number of piperidine rings is 1. The van der Waals surface area contributed by atoms with Crippen LogP contribution in [0.15, 0.2) is 78.9 Å². The number of likely N-dealkylation sites (tertiary alicyclic amines) is 1. The number of anilines is 1. The van der Waals surface area contributed by atoms with Crippen molar-refractivity contribution in [2.24, 2.45) is 0 Å². The fourth-order valence-electron chi connectivity index (χ4n) is 4.19. The summed E-state index contributed by atoms with van der Waals surface area (Å²) in [4.78, 5) is 27.8. The van der Waals surface area contributed by atoms with Gasteiger partial charge in [-0.2, -0.15) is 0 Å². The minimum absolute atomic E-state index is 0.0963. The summed E-state index contributed by atoms with van der Waals surface area (Å²) in [6, 6.07) is 24.1. The van der Waals surface area contributed by atoms with Gasteiger partial charge in [-0.1, -0.05) is 48.5 Å². The summed E-state index contributed by atoms with van der Waals surface area (Å²) in [7, 11) is 1.60. The minimum Gasteiger partial charge on any atom is -0.497 e. The Bertz CT molecular complexity index is 1090. The van der Waals surface area contributed by atoms with E-state index in [1.165, 1.54) is 6.42 Å². The van der Waals surface area contributed by atoms with Crippen LogP contribution in [0.1, 0.15) is 46.8 Å². The van der Waals surface area contributed by atoms with E-state index < -0.39 is 6.04 Å². The Morgan fingerprint density at radius 2 is 1.65 bits per heavy atom. The molecule has 4 rings (SSSR count). The minimum atomic E-state index is -0.540. The largest absolute Gasteiger partial charge is 0.497 e. The number of amides is 2. The smallest absolute Gasteiger partial charge is 0.253 e. The van der Waals surface area contributed by atoms with Crippen molar-refractivity contribution >= 4 is 17.5 Å². The molecule has 0 radical (unpaired) electrons. The van der Waals surface area contributed by atoms with Gasteiger partial charge in [0.15, 0.2) is 0 Å². The molecule has 34 heavy (non-hydrogen) atoms. The lowest BCUT2D eigenvalue weighted by Gasteiger charge is -2.26. The second-order valence-electron chi connectivity index (χ2n) is 8.50. The Morgan fingerprint density at radius 1 is 0.912 bits per heavy atom. The third-order valence-corrected chi connectivity index (χ3v) is 6.09. The highest BCUT2D eigenvalue weighted by Crippen LogP contribution is 2.21. The van der Waals surface area contributed by atoms with Crippen molar-refractivity contribution in [3.63, 3.8) is 0 Å². The van der Waals surface area contributed by atoms with Crippen LogP contribution >= 0.6 is 0 Å². The molecular formula is C28H31N3O3. The number of rotatable bonds is 8. The van der Waals surface area contributed by atoms with Gasteiger partial charge in [0.2, 0.25) is 5.91 Å². The summed E-state index contributed by atoms with van der Waals surface area (Å²) in [5.41, 5.74) is 3.26. The fraction of sp³-hybridized carbons (Fsp3) is 0.286. The van der Waals surface area contributed by atoms with Gasteiger partial charge in [-0.15, -0.1) is 0 Å². The van der Waals surface area contributed by atoms with Gasteiger partial charge in [-0.3, -0.25) is 14.9 Å². The average Bonchev–Trinajstić information content (AvgIpc) is 2.90. The predicted molar refractivity (Wildman–Crippen MR) is 134 cm³/mol. The topological polar surface area (TPSA) is 70.7 Å². The lowest BCUT2D eigenvalue weighted by Crippen LogP contribution is -2.35. The normalized spacial score (nSPS) is 14.3. The number of carbonyl (C=O) groups excluding carboxylic acids is 2. The average molecular weight is 458 g/mol. The van der Waals surface area contributed by atoms with Crippen molar-refractivity contribution in [2.45, 2.75) is 31.8 Å². The van der Waals surface area contributed by atoms with Crippen LogP contribution in [-0.4, -0.2) is 36.9 Å². The van der Waals surface area contributed by atoms with Gasteiger partial charge in [0.25, 0.3) is 5.91 Å². The van der Waals surface area contributed by atoms with Crippen molar-refractivity contribution < 1.29 is 14.3 Å². The number of carbonyl (C=O) groups is 2. The number of benzene rings is 3. The zero-order valence-electron chi connectivity index (χ0n) is 19.5. The highest BCUT2D eigenvalue weighted by Gasteiger charge is 2.21. The number of hydrogen-bond acceptors (Lipinski definition) is 4. The van der Waals surface area contributed by atoms with E-state index in [1.54, 1.807) is 13.2 Å². The Morgan fingerprint density at radius 3 is 2.35 bits per heavy atom. The summed E-state index contributed by atoms with van der Waals surface area (Å²) in [5, 5.41) is 6.35. The molecular weight excluding hydrogens is 426 g/mol. The van der Waals surface area contributed by atoms with Crippen molar-refractivity contribution in [1.82, 2.24) is 10.2 Å². The highest BCUT2D eigenvalue weighted by molar-refractivity contribution is 5.96. The summed E-state index contributed by atoms with van der Waals surface area (Å²) >= 11 is 0. The Balaban J connectivity index is 1.43. The van der Waals surface area contributed by atoms with E-state index in [9.17, 15) is 9.59 Å². The van der Waals surface area contributed by atoms with E-state index in [0.717, 1.165) is 37.1 Å². The first kappa shape index (κ1) is 23.5. The maximum absolute atomic E-state index is 13.2. The van der Waals surface area contributed by atoms with Crippen molar-refractivity contribution in [3.05, 3.63) is 95.6 Å². The summed E-state index contributed by atoms with van der Waals surface area (Å²) < 4.78 is 5.26. The van der Waals surface area contributed by atoms with E-state index >= 15 is 0 Å². The Kier molecular flexibility index (Phi) is 7.94. The molecule has 0 bridgehead atoms. The molecule has 0 spiro atoms. The van der Waals surface area contributed by atoms with E-state index in [2.05, 4.69) is 10.6 Å². The summed E-state index contributed by atoms with van der Waals surface area (Å²) in [6.07, 6.45) is 3.35. The predicted octanol–water partition coefficient (Wildman–Crippen LogP) is 4.79. The molecule has 1 heterocycles. The molecule has 2 amide bonds. The molecule has 1 aliphatic rings. The second-order valence-corrected chi connectivity index (χ2v) is 8.50. The van der Waals surface area contributed by atoms with Crippen molar-refractivity contribution in [3.8, 4) is 5.75 Å². The third kappa shape index (κ3) is 6.02.